The van der Waals surface area contributed by atoms with Gasteiger partial charge in [-0.2, -0.15) is 21.6 Å². The highest BCUT2D eigenvalue weighted by atomic mass is 32.2. The van der Waals surface area contributed by atoms with Gasteiger partial charge in [0.05, 0.1) is 13.2 Å². The van der Waals surface area contributed by atoms with Crippen LogP contribution in [0.5, 0.6) is 0 Å². The van der Waals surface area contributed by atoms with Gasteiger partial charge in [0, 0.05) is 0 Å². The van der Waals surface area contributed by atoms with Gasteiger partial charge in [-0.05, 0) is 26.3 Å². The number of carbonyl (C=O) groups is 1. The van der Waals surface area contributed by atoms with Crippen molar-refractivity contribution < 1.29 is 40.0 Å². The van der Waals surface area contributed by atoms with Crippen LogP contribution in [-0.2, 0) is 35.2 Å². The van der Waals surface area contributed by atoms with Gasteiger partial charge >= 0.3 is 21.6 Å². The van der Waals surface area contributed by atoms with E-state index < -0.39 is 39.9 Å². The number of rotatable bonds is 7. The Bertz CT molecular complexity index is 665. The van der Waals surface area contributed by atoms with Crippen molar-refractivity contribution in [2.75, 3.05) is 6.61 Å². The van der Waals surface area contributed by atoms with Crippen LogP contribution in [0.2, 0.25) is 0 Å². The summed E-state index contributed by atoms with van der Waals surface area (Å²) >= 11 is 0. The largest absolute Gasteiger partial charge is 0.523 e. The van der Waals surface area contributed by atoms with Gasteiger partial charge in [-0.25, -0.2) is 8.98 Å². The van der Waals surface area contributed by atoms with Crippen LogP contribution in [0.25, 0.3) is 0 Å². The van der Waals surface area contributed by atoms with Crippen LogP contribution < -0.4 is 0 Å². The number of hydrogen-bond donors (Lipinski definition) is 0. The number of hydrogen-bond acceptors (Lipinski definition) is 6. The van der Waals surface area contributed by atoms with Crippen LogP contribution >= 0.6 is 0 Å². The highest BCUT2D eigenvalue weighted by molar-refractivity contribution is 7.87. The molecule has 6 nitrogen and oxygen atoms in total. The summed E-state index contributed by atoms with van der Waals surface area (Å²) in [6, 6.07) is 8.57. The number of alkyl halides is 3. The SMILES string of the molecule is CC(C)(C)OC(=O)[C@@H](COCc1ccccc1)OS(=O)(=O)C(F)(F)F. The maximum absolute atomic E-state index is 12.5. The third kappa shape index (κ3) is 7.41. The summed E-state index contributed by atoms with van der Waals surface area (Å²) in [5.41, 5.74) is -6.02. The molecule has 25 heavy (non-hydrogen) atoms. The Hall–Kier alpha value is -1.65. The van der Waals surface area contributed by atoms with Gasteiger partial charge in [-0.15, -0.1) is 0 Å². The summed E-state index contributed by atoms with van der Waals surface area (Å²) in [7, 11) is -5.97. The summed E-state index contributed by atoms with van der Waals surface area (Å²) in [4.78, 5) is 11.9. The van der Waals surface area contributed by atoms with Gasteiger partial charge in [-0.3, -0.25) is 0 Å². The first-order valence-corrected chi connectivity index (χ1v) is 8.57. The van der Waals surface area contributed by atoms with Crippen molar-refractivity contribution in [1.82, 2.24) is 0 Å². The van der Waals surface area contributed by atoms with E-state index >= 15 is 0 Å². The van der Waals surface area contributed by atoms with Gasteiger partial charge in [0.2, 0.25) is 0 Å². The highest BCUT2D eigenvalue weighted by Gasteiger charge is 2.50. The molecule has 0 spiro atoms. The van der Waals surface area contributed by atoms with Crippen molar-refractivity contribution in [2.24, 2.45) is 0 Å². The van der Waals surface area contributed by atoms with E-state index in [2.05, 4.69) is 4.18 Å². The molecule has 0 bridgehead atoms. The average molecular weight is 384 g/mol. The van der Waals surface area contributed by atoms with Crippen LogP contribution in [0.4, 0.5) is 13.2 Å². The average Bonchev–Trinajstić information content (AvgIpc) is 2.44. The van der Waals surface area contributed by atoms with Crippen molar-refractivity contribution in [3.63, 3.8) is 0 Å². The quantitative estimate of drug-likeness (QED) is 0.409. The smallest absolute Gasteiger partial charge is 0.458 e. The summed E-state index contributed by atoms with van der Waals surface area (Å²) in [5, 5.41) is 0. The van der Waals surface area contributed by atoms with Crippen molar-refractivity contribution >= 4 is 16.1 Å². The third-order valence-corrected chi connectivity index (χ3v) is 3.63. The zero-order valence-corrected chi connectivity index (χ0v) is 14.7. The fraction of sp³-hybridized carbons (Fsp3) is 0.533. The standard InChI is InChI=1S/C15H19F3O6S/c1-14(2,3)23-13(19)12(24-25(20,21)15(16,17)18)10-22-9-11-7-5-4-6-8-11/h4-8,12H,9-10H2,1-3H3/t12-/m1/s1. The zero-order valence-electron chi connectivity index (χ0n) is 13.9. The topological polar surface area (TPSA) is 78.9 Å². The van der Waals surface area contributed by atoms with E-state index in [1.807, 2.05) is 0 Å². The number of esters is 1. The van der Waals surface area contributed by atoms with Gasteiger partial charge in [0.1, 0.15) is 5.60 Å². The predicted molar refractivity (Wildman–Crippen MR) is 81.8 cm³/mol. The Kier molecular flexibility index (Phi) is 6.98. The first-order valence-electron chi connectivity index (χ1n) is 7.16. The maximum atomic E-state index is 12.5. The van der Waals surface area contributed by atoms with E-state index in [9.17, 15) is 26.4 Å². The lowest BCUT2D eigenvalue weighted by Crippen LogP contribution is -2.40. The van der Waals surface area contributed by atoms with Crippen molar-refractivity contribution in [1.29, 1.82) is 0 Å². The fourth-order valence-corrected chi connectivity index (χ4v) is 2.12. The number of carbonyl (C=O) groups excluding carboxylic acids is 1. The summed E-state index contributed by atoms with van der Waals surface area (Å²) in [5.74, 6) is -1.27. The lowest BCUT2D eigenvalue weighted by atomic mass is 10.2. The summed E-state index contributed by atoms with van der Waals surface area (Å²) in [6.45, 7) is 3.66. The molecule has 1 aromatic rings. The van der Waals surface area contributed by atoms with E-state index in [4.69, 9.17) is 9.47 Å². The molecule has 0 aliphatic heterocycles. The van der Waals surface area contributed by atoms with Crippen molar-refractivity contribution in [3.8, 4) is 0 Å². The molecule has 0 fully saturated rings. The molecule has 0 aliphatic rings. The number of halogens is 3. The van der Waals surface area contributed by atoms with Crippen LogP contribution in [-0.4, -0.2) is 38.2 Å². The molecule has 0 saturated heterocycles. The molecular formula is C15H19F3O6S. The Balaban J connectivity index is 2.82. The van der Waals surface area contributed by atoms with Gasteiger partial charge in [-0.1, -0.05) is 30.3 Å². The fourth-order valence-electron chi connectivity index (χ4n) is 1.57. The molecule has 0 aliphatic carbocycles. The molecule has 10 heteroatoms. The van der Waals surface area contributed by atoms with E-state index in [1.54, 1.807) is 30.3 Å². The molecule has 142 valence electrons. The molecule has 1 rings (SSSR count). The third-order valence-electron chi connectivity index (χ3n) is 2.58. The lowest BCUT2D eigenvalue weighted by Gasteiger charge is -2.24. The molecule has 0 unspecified atom stereocenters. The predicted octanol–water partition coefficient (Wildman–Crippen LogP) is 2.78. The molecule has 0 heterocycles. The van der Waals surface area contributed by atoms with E-state index in [-0.39, 0.29) is 6.61 Å². The van der Waals surface area contributed by atoms with Crippen LogP contribution in [0.3, 0.4) is 0 Å². The van der Waals surface area contributed by atoms with E-state index in [0.717, 1.165) is 0 Å². The lowest BCUT2D eigenvalue weighted by molar-refractivity contribution is -0.167. The molecule has 0 N–H and O–H groups in total. The first kappa shape index (κ1) is 21.4. The van der Waals surface area contributed by atoms with E-state index in [0.29, 0.717) is 5.56 Å². The second-order valence-electron chi connectivity index (χ2n) is 6.02. The normalized spacial score (nSPS) is 14.2. The number of benzene rings is 1. The zero-order chi connectivity index (χ0) is 19.3. The van der Waals surface area contributed by atoms with Crippen LogP contribution in [0.1, 0.15) is 26.3 Å². The molecule has 1 aromatic carbocycles. The molecule has 0 saturated carbocycles. The van der Waals surface area contributed by atoms with Gasteiger partial charge in [0.15, 0.2) is 6.10 Å². The van der Waals surface area contributed by atoms with Crippen molar-refractivity contribution in [2.45, 2.75) is 44.6 Å². The Labute approximate surface area is 144 Å². The Morgan fingerprint density at radius 2 is 1.68 bits per heavy atom. The van der Waals surface area contributed by atoms with Crippen molar-refractivity contribution in [3.05, 3.63) is 35.9 Å². The minimum absolute atomic E-state index is 0.0461. The minimum atomic E-state index is -5.97. The van der Waals surface area contributed by atoms with E-state index in [1.165, 1.54) is 20.8 Å². The van der Waals surface area contributed by atoms with Crippen LogP contribution in [0.15, 0.2) is 30.3 Å². The maximum Gasteiger partial charge on any atom is 0.523 e. The molecule has 0 aromatic heterocycles. The minimum Gasteiger partial charge on any atom is -0.458 e. The Morgan fingerprint density at radius 1 is 1.12 bits per heavy atom. The second kappa shape index (κ2) is 8.15. The monoisotopic (exact) mass is 384 g/mol. The number of ether oxygens (including phenoxy) is 2. The molecular weight excluding hydrogens is 365 g/mol. The summed E-state index contributed by atoms with van der Waals surface area (Å²) < 4.78 is 73.7. The molecule has 0 radical (unpaired) electrons. The molecule has 0 amide bonds. The highest BCUT2D eigenvalue weighted by Crippen LogP contribution is 2.26. The van der Waals surface area contributed by atoms with Gasteiger partial charge in [0.25, 0.3) is 0 Å². The Morgan fingerprint density at radius 3 is 2.16 bits per heavy atom. The van der Waals surface area contributed by atoms with Gasteiger partial charge < -0.3 is 9.47 Å². The first-order chi connectivity index (χ1) is 11.3. The van der Waals surface area contributed by atoms with Crippen LogP contribution in [0, 0.1) is 0 Å². The molecule has 1 atom stereocenters. The summed E-state index contributed by atoms with van der Waals surface area (Å²) in [6.07, 6.45) is -2.07. The second-order valence-corrected chi connectivity index (χ2v) is 7.58.